The van der Waals surface area contributed by atoms with Crippen LogP contribution in [0.4, 0.5) is 10.2 Å². The number of halogens is 1. The van der Waals surface area contributed by atoms with Gasteiger partial charge in [-0.1, -0.05) is 72.8 Å². The highest BCUT2D eigenvalue weighted by atomic mass is 31.2. The molecule has 24 heteroatoms. The molecule has 0 spiro atoms. The van der Waals surface area contributed by atoms with E-state index < -0.39 is 98.5 Å². The topological polar surface area (TPSA) is 269 Å². The Balaban J connectivity index is 1.06. The predicted molar refractivity (Wildman–Crippen MR) is 304 cm³/mol. The zero-order valence-electron chi connectivity index (χ0n) is 46.8. The number of rotatable bonds is 24. The van der Waals surface area contributed by atoms with Crippen LogP contribution >= 0.6 is 8.53 Å². The lowest BCUT2D eigenvalue weighted by molar-refractivity contribution is -0.125. The number of aromatic nitrogens is 6. The Morgan fingerprint density at radius 2 is 1.45 bits per heavy atom. The first-order valence-corrected chi connectivity index (χ1v) is 28.1. The third kappa shape index (κ3) is 12.8. The molecule has 9 rings (SSSR count). The first-order chi connectivity index (χ1) is 40.1. The molecule has 2 unspecified atom stereocenters. The molecule has 4 aromatic carbocycles. The van der Waals surface area contributed by atoms with E-state index in [9.17, 15) is 29.3 Å². The summed E-state index contributed by atoms with van der Waals surface area (Å²) in [7, 11) is 2.43. The van der Waals surface area contributed by atoms with Crippen LogP contribution in [0.3, 0.4) is 0 Å². The van der Waals surface area contributed by atoms with Crippen LogP contribution in [0, 0.1) is 29.1 Å². The molecular weight excluding hydrogens is 1090 g/mol. The first-order valence-electron chi connectivity index (χ1n) is 27.0. The molecule has 4 N–H and O–H groups in total. The van der Waals surface area contributed by atoms with Gasteiger partial charge in [-0.2, -0.15) is 5.26 Å². The lowest BCUT2D eigenvalue weighted by atomic mass is 9.79. The number of anilines is 1. The van der Waals surface area contributed by atoms with E-state index in [1.54, 1.807) is 53.8 Å². The smallest absolute Gasteiger partial charge is 0.330 e. The average molecular weight is 1160 g/mol. The Morgan fingerprint density at radius 1 is 0.831 bits per heavy atom. The lowest BCUT2D eigenvalue weighted by Gasteiger charge is -2.37. The summed E-state index contributed by atoms with van der Waals surface area (Å²) in [6.45, 7) is 6.62. The van der Waals surface area contributed by atoms with Crippen molar-refractivity contribution in [1.29, 1.82) is 5.26 Å². The maximum absolute atomic E-state index is 17.1. The molecule has 3 aromatic heterocycles. The minimum atomic E-state index is -2.22. The van der Waals surface area contributed by atoms with Gasteiger partial charge in [-0.3, -0.25) is 28.5 Å². The monoisotopic (exact) mass is 1160 g/mol. The number of hydrogen-bond acceptors (Lipinski definition) is 17. The van der Waals surface area contributed by atoms with Crippen LogP contribution in [0.2, 0.25) is 0 Å². The Kier molecular flexibility index (Phi) is 19.2. The van der Waals surface area contributed by atoms with Crippen LogP contribution in [0.15, 0.2) is 144 Å². The van der Waals surface area contributed by atoms with E-state index in [4.69, 9.17) is 32.9 Å². The number of ether oxygens (including phenoxy) is 6. The van der Waals surface area contributed by atoms with Crippen molar-refractivity contribution in [3.63, 3.8) is 0 Å². The molecule has 0 saturated carbocycles. The van der Waals surface area contributed by atoms with E-state index in [2.05, 4.69) is 36.6 Å². The van der Waals surface area contributed by atoms with Crippen LogP contribution in [0.25, 0.3) is 11.2 Å². The van der Waals surface area contributed by atoms with Gasteiger partial charge in [0.2, 0.25) is 5.91 Å². The molecule has 10 atom stereocenters. The number of amides is 2. The maximum atomic E-state index is 17.1. The number of benzene rings is 4. The fourth-order valence-electron chi connectivity index (χ4n) is 11.1. The van der Waals surface area contributed by atoms with Crippen molar-refractivity contribution in [2.24, 2.45) is 17.8 Å². The van der Waals surface area contributed by atoms with Gasteiger partial charge in [0.15, 0.2) is 35.6 Å². The zero-order chi connectivity index (χ0) is 59.0. The molecule has 0 radical (unpaired) electrons. The van der Waals surface area contributed by atoms with Gasteiger partial charge in [0, 0.05) is 61.8 Å². The fourth-order valence-corrected chi connectivity index (χ4v) is 12.3. The zero-order valence-corrected chi connectivity index (χ0v) is 47.7. The van der Waals surface area contributed by atoms with E-state index in [1.165, 1.54) is 19.8 Å². The van der Waals surface area contributed by atoms with Crippen LogP contribution < -0.4 is 31.4 Å². The molecule has 2 amide bonds. The maximum Gasteiger partial charge on any atom is 0.330 e. The first kappa shape index (κ1) is 59.8. The summed E-state index contributed by atoms with van der Waals surface area (Å²) in [5, 5.41) is 16.4. The summed E-state index contributed by atoms with van der Waals surface area (Å²) in [6.07, 6.45) is -4.14. The van der Waals surface area contributed by atoms with Crippen molar-refractivity contribution in [3.8, 4) is 17.6 Å². The molecule has 0 aliphatic carbocycles. The van der Waals surface area contributed by atoms with Crippen LogP contribution in [0.5, 0.6) is 11.5 Å². The predicted octanol–water partition coefficient (Wildman–Crippen LogP) is 7.04. The number of nitriles is 1. The third-order valence-electron chi connectivity index (χ3n) is 15.0. The number of imidazole rings is 1. The summed E-state index contributed by atoms with van der Waals surface area (Å²) in [5.74, 6) is -2.96. The number of fused-ring (bicyclic) bond motifs is 1. The quantitative estimate of drug-likeness (QED) is 0.0349. The number of nitrogens with one attached hydrogen (secondary N) is 3. The molecule has 0 bridgehead atoms. The number of methoxy groups -OCH3 is 3. The number of carbonyl (C=O) groups excluding carboxylic acids is 2. The number of alkyl halides is 1. The molecule has 83 heavy (non-hydrogen) atoms. The van der Waals surface area contributed by atoms with Crippen LogP contribution in [-0.4, -0.2) is 128 Å². The highest BCUT2D eigenvalue weighted by Crippen LogP contribution is 2.47. The second-order valence-corrected chi connectivity index (χ2v) is 21.8. The minimum absolute atomic E-state index is 0.131. The average Bonchev–Trinajstić information content (AvgIpc) is 4.42. The van der Waals surface area contributed by atoms with E-state index in [-0.39, 0.29) is 48.6 Å². The Bertz CT molecular complexity index is 3420. The van der Waals surface area contributed by atoms with Gasteiger partial charge >= 0.3 is 5.69 Å². The molecule has 7 aromatic rings. The molecule has 5 heterocycles. The SMILES string of the molecule is COc1ccc(C(OC[C@H]2O[C@@H](n3cnc4c(NC(=O)c5ccccc5)ncnc43)[C@H](OC)[C@@H]2CC(=O)NC[C@@H]2O[C@@H](n3ccc(=O)[nH]c3=O)[C@H](F)[C@@H]2C(C#N)COP(O)N(C(C)C)C(C)C)(c2ccccc2)c2ccc(OC)cc2)cc1. The van der Waals surface area contributed by atoms with E-state index >= 15 is 4.39 Å². The van der Waals surface area contributed by atoms with E-state index in [0.29, 0.717) is 17.1 Å². The Labute approximate surface area is 479 Å². The van der Waals surface area contributed by atoms with Crippen molar-refractivity contribution in [1.82, 2.24) is 39.1 Å². The number of carbonyl (C=O) groups is 2. The molecular formula is C59H66FN10O12P. The van der Waals surface area contributed by atoms with Crippen molar-refractivity contribution in [2.45, 2.75) is 88.7 Å². The van der Waals surface area contributed by atoms with Gasteiger partial charge < -0.3 is 48.5 Å². The molecule has 436 valence electrons. The van der Waals surface area contributed by atoms with Crippen molar-refractivity contribution >= 4 is 37.3 Å². The van der Waals surface area contributed by atoms with E-state index in [1.807, 2.05) is 107 Å². The highest BCUT2D eigenvalue weighted by Gasteiger charge is 2.52. The summed E-state index contributed by atoms with van der Waals surface area (Å²) in [6, 6.07) is 36.2. The fraction of sp³-hybridized carbons (Fsp3) is 0.390. The van der Waals surface area contributed by atoms with Gasteiger partial charge in [0.25, 0.3) is 20.0 Å². The van der Waals surface area contributed by atoms with Gasteiger partial charge in [-0.25, -0.2) is 28.8 Å². The molecule has 22 nitrogen and oxygen atoms in total. The largest absolute Gasteiger partial charge is 0.497 e. The van der Waals surface area contributed by atoms with Gasteiger partial charge in [-0.05, 0) is 80.8 Å². The minimum Gasteiger partial charge on any atom is -0.497 e. The van der Waals surface area contributed by atoms with E-state index in [0.717, 1.165) is 33.5 Å². The second kappa shape index (κ2) is 26.6. The van der Waals surface area contributed by atoms with Crippen molar-refractivity contribution in [2.75, 3.05) is 46.4 Å². The summed E-state index contributed by atoms with van der Waals surface area (Å²) in [5.41, 5.74) is 0.178. The molecule has 2 fully saturated rings. The molecule has 2 aliphatic rings. The number of aromatic amines is 1. The van der Waals surface area contributed by atoms with Crippen molar-refractivity contribution < 1.29 is 51.8 Å². The van der Waals surface area contributed by atoms with Crippen LogP contribution in [0.1, 0.15) is 73.6 Å². The standard InChI is InChI=1S/C59H66FN10O12P/c1-35(2)70(36(3)4)83(75)80-31-38(29-61)49-45(81-56(50(49)60)68-27-26-47(71)66-58(68)74)30-62-48(72)28-44-46(82-57(52(44)78-7)69-34-65-51-53(63-33-64-54(51)69)67-55(73)37-14-10-8-11-15-37)32-79-59(39-16-12-9-13-17-39,40-18-22-42(76-5)23-19-40)41-20-24-43(77-6)25-21-41/h8-27,33-36,38,44-46,49-50,52,56-57,75H,28,30-32H2,1-7H3,(H,62,72)(H,66,71,74)(H,63,64,67,73)/t38?,44-,45+,46-,49-,50-,52-,56-,57-,83?/m1/s1. The summed E-state index contributed by atoms with van der Waals surface area (Å²) in [4.78, 5) is 80.2. The number of hydrogen-bond donors (Lipinski definition) is 4. The van der Waals surface area contributed by atoms with Crippen molar-refractivity contribution in [3.05, 3.63) is 177 Å². The van der Waals surface area contributed by atoms with Crippen LogP contribution in [-0.2, 0) is 33.9 Å². The molecule has 2 saturated heterocycles. The summed E-state index contributed by atoms with van der Waals surface area (Å²) < 4.78 is 65.3. The van der Waals surface area contributed by atoms with Gasteiger partial charge in [0.1, 0.15) is 29.5 Å². The Hall–Kier alpha value is -7.78. The highest BCUT2D eigenvalue weighted by molar-refractivity contribution is 7.43. The normalized spacial score (nSPS) is 21.5. The number of nitrogens with zero attached hydrogens (tertiary/aromatic N) is 7. The second-order valence-electron chi connectivity index (χ2n) is 20.6. The number of H-pyrrole nitrogens is 1. The van der Waals surface area contributed by atoms with Gasteiger partial charge in [-0.15, -0.1) is 0 Å². The summed E-state index contributed by atoms with van der Waals surface area (Å²) >= 11 is 0. The van der Waals surface area contributed by atoms with Gasteiger partial charge in [0.05, 0.1) is 58.0 Å². The lowest BCUT2D eigenvalue weighted by Crippen LogP contribution is -2.42. The third-order valence-corrected chi connectivity index (χ3v) is 16.7. The Morgan fingerprint density at radius 3 is 2.04 bits per heavy atom. The molecule has 2 aliphatic heterocycles.